The molecule has 9 heteroatoms. The number of hydrogen-bond acceptors (Lipinski definition) is 5. The molecule has 5 nitrogen and oxygen atoms in total. The smallest absolute Gasteiger partial charge is 0.416 e. The quantitative estimate of drug-likeness (QED) is 0.289. The Hall–Kier alpha value is -2.78. The van der Waals surface area contributed by atoms with Gasteiger partial charge in [-0.1, -0.05) is 19.4 Å². The molecule has 1 fully saturated rings. The lowest BCUT2D eigenvalue weighted by molar-refractivity contribution is -0.137. The van der Waals surface area contributed by atoms with Crippen molar-refractivity contribution in [3.8, 4) is 5.75 Å². The molecule has 37 heavy (non-hydrogen) atoms. The summed E-state index contributed by atoms with van der Waals surface area (Å²) < 4.78 is 45.3. The third kappa shape index (κ3) is 7.38. The summed E-state index contributed by atoms with van der Waals surface area (Å²) in [5, 5.41) is 5.85. The van der Waals surface area contributed by atoms with Crippen LogP contribution in [0.25, 0.3) is 10.1 Å². The lowest BCUT2D eigenvalue weighted by Gasteiger charge is -2.36. The number of carbonyl (C=O) groups is 1. The lowest BCUT2D eigenvalue weighted by Crippen LogP contribution is -2.46. The molecule has 0 spiro atoms. The second kappa shape index (κ2) is 12.6. The molecule has 2 heterocycles. The van der Waals surface area contributed by atoms with Gasteiger partial charge in [0.25, 0.3) is 5.91 Å². The van der Waals surface area contributed by atoms with Crippen molar-refractivity contribution in [1.82, 2.24) is 10.2 Å². The molecule has 0 bridgehead atoms. The third-order valence-electron chi connectivity index (χ3n) is 6.67. The predicted molar refractivity (Wildman–Crippen MR) is 144 cm³/mol. The van der Waals surface area contributed by atoms with E-state index in [-0.39, 0.29) is 5.91 Å². The Morgan fingerprint density at radius 3 is 2.49 bits per heavy atom. The van der Waals surface area contributed by atoms with Crippen LogP contribution in [0.1, 0.15) is 48.5 Å². The molecule has 0 atom stereocenters. The van der Waals surface area contributed by atoms with E-state index in [4.69, 9.17) is 4.74 Å². The van der Waals surface area contributed by atoms with Crippen LogP contribution in [0.4, 0.5) is 18.9 Å². The average molecular weight is 534 g/mol. The fraction of sp³-hybridized carbons (Fsp3) is 0.464. The van der Waals surface area contributed by atoms with Gasteiger partial charge in [-0.25, -0.2) is 0 Å². The second-order valence-electron chi connectivity index (χ2n) is 9.35. The highest BCUT2D eigenvalue weighted by atomic mass is 32.1. The van der Waals surface area contributed by atoms with Crippen LogP contribution in [-0.2, 0) is 6.18 Å². The van der Waals surface area contributed by atoms with Gasteiger partial charge in [-0.2, -0.15) is 13.2 Å². The monoisotopic (exact) mass is 533 g/mol. The van der Waals surface area contributed by atoms with Crippen molar-refractivity contribution in [2.75, 3.05) is 50.8 Å². The van der Waals surface area contributed by atoms with Gasteiger partial charge in [0.2, 0.25) is 0 Å². The Balaban J connectivity index is 1.14. The van der Waals surface area contributed by atoms with Crippen LogP contribution >= 0.6 is 11.3 Å². The maximum absolute atomic E-state index is 13.0. The first-order chi connectivity index (χ1) is 17.8. The number of anilines is 1. The Labute approximate surface area is 220 Å². The Morgan fingerprint density at radius 1 is 1.03 bits per heavy atom. The molecule has 0 aliphatic carbocycles. The zero-order chi connectivity index (χ0) is 26.3. The number of nitrogens with one attached hydrogen (secondary N) is 1. The van der Waals surface area contributed by atoms with Gasteiger partial charge in [-0.3, -0.25) is 9.69 Å². The van der Waals surface area contributed by atoms with E-state index in [2.05, 4.69) is 22.0 Å². The molecule has 1 N–H and O–H groups in total. The summed E-state index contributed by atoms with van der Waals surface area (Å²) in [4.78, 5) is 17.0. The first-order valence-electron chi connectivity index (χ1n) is 12.9. The van der Waals surface area contributed by atoms with E-state index in [1.54, 1.807) is 18.2 Å². The van der Waals surface area contributed by atoms with Crippen LogP contribution < -0.4 is 15.0 Å². The largest absolute Gasteiger partial charge is 0.494 e. The van der Waals surface area contributed by atoms with E-state index in [1.165, 1.54) is 23.5 Å². The van der Waals surface area contributed by atoms with E-state index >= 15 is 0 Å². The fourth-order valence-electron chi connectivity index (χ4n) is 4.45. The number of nitrogens with zero attached hydrogens (tertiary/aromatic N) is 2. The summed E-state index contributed by atoms with van der Waals surface area (Å²) >= 11 is 1.37. The molecule has 0 radical (unpaired) electrons. The molecule has 1 aliphatic heterocycles. The van der Waals surface area contributed by atoms with Gasteiger partial charge in [0.15, 0.2) is 0 Å². The van der Waals surface area contributed by atoms with Crippen LogP contribution in [0.3, 0.4) is 0 Å². The highest BCUT2D eigenvalue weighted by Crippen LogP contribution is 2.38. The maximum Gasteiger partial charge on any atom is 0.416 e. The number of hydrogen-bond donors (Lipinski definition) is 1. The maximum atomic E-state index is 13.0. The van der Waals surface area contributed by atoms with E-state index in [9.17, 15) is 18.0 Å². The summed E-state index contributed by atoms with van der Waals surface area (Å²) in [6.07, 6.45) is -0.325. The molecule has 4 rings (SSSR count). The van der Waals surface area contributed by atoms with Gasteiger partial charge in [-0.15, -0.1) is 11.3 Å². The number of rotatable bonds is 11. The van der Waals surface area contributed by atoms with Crippen molar-refractivity contribution in [2.24, 2.45) is 0 Å². The summed E-state index contributed by atoms with van der Waals surface area (Å²) in [6, 6.07) is 11.3. The van der Waals surface area contributed by atoms with Gasteiger partial charge in [0.05, 0.1) is 17.9 Å². The minimum atomic E-state index is -4.32. The molecular formula is C28H34F3N3O2S. The lowest BCUT2D eigenvalue weighted by atomic mass is 10.1. The standard InChI is InChI=1S/C28H34F3N3O2S/c1-2-3-18-36-23-9-6-21(7-10-23)27(35)32-12-4-5-13-33-14-16-34(17-15-33)25-20-37-26-19-22(28(29,30)31)8-11-24(25)26/h6-11,19-20H,2-5,12-18H2,1H3,(H,32,35). The fourth-order valence-corrected chi connectivity index (χ4v) is 5.46. The number of ether oxygens (including phenoxy) is 1. The molecule has 2 aromatic carbocycles. The van der Waals surface area contributed by atoms with E-state index < -0.39 is 11.7 Å². The van der Waals surface area contributed by atoms with Crippen molar-refractivity contribution in [2.45, 2.75) is 38.8 Å². The summed E-state index contributed by atoms with van der Waals surface area (Å²) in [5.74, 6) is 0.715. The molecule has 200 valence electrons. The predicted octanol–water partition coefficient (Wildman–Crippen LogP) is 6.43. The number of halogens is 3. The first kappa shape index (κ1) is 27.3. The number of alkyl halides is 3. The summed E-state index contributed by atoms with van der Waals surface area (Å²) in [6.45, 7) is 7.93. The third-order valence-corrected chi connectivity index (χ3v) is 7.60. The van der Waals surface area contributed by atoms with E-state index in [0.717, 1.165) is 75.2 Å². The van der Waals surface area contributed by atoms with Crippen molar-refractivity contribution in [1.29, 1.82) is 0 Å². The molecule has 3 aromatic rings. The number of amides is 1. The van der Waals surface area contributed by atoms with Crippen LogP contribution in [0, 0.1) is 0 Å². The SMILES string of the molecule is CCCCOc1ccc(C(=O)NCCCCN2CCN(c3csc4cc(C(F)(F)F)ccc34)CC2)cc1. The average Bonchev–Trinajstić information content (AvgIpc) is 3.32. The van der Waals surface area contributed by atoms with Gasteiger partial charge in [0.1, 0.15) is 5.75 Å². The molecule has 0 unspecified atom stereocenters. The normalized spacial score (nSPS) is 14.8. The highest BCUT2D eigenvalue weighted by molar-refractivity contribution is 7.17. The number of thiophene rings is 1. The molecule has 1 amide bonds. The minimum absolute atomic E-state index is 0.0703. The number of unbranched alkanes of at least 4 members (excludes halogenated alkanes) is 2. The Kier molecular flexibility index (Phi) is 9.32. The molecule has 0 saturated carbocycles. The molecular weight excluding hydrogens is 499 g/mol. The molecule has 1 saturated heterocycles. The van der Waals surface area contributed by atoms with Crippen molar-refractivity contribution >= 4 is 33.0 Å². The molecule has 1 aromatic heterocycles. The zero-order valence-corrected chi connectivity index (χ0v) is 22.0. The number of piperazine rings is 1. The second-order valence-corrected chi connectivity index (χ2v) is 10.3. The van der Waals surface area contributed by atoms with Crippen molar-refractivity contribution < 1.29 is 22.7 Å². The van der Waals surface area contributed by atoms with Crippen LogP contribution in [-0.4, -0.2) is 56.7 Å². The number of benzene rings is 2. The van der Waals surface area contributed by atoms with Crippen LogP contribution in [0.15, 0.2) is 47.8 Å². The minimum Gasteiger partial charge on any atom is -0.494 e. The van der Waals surface area contributed by atoms with Crippen molar-refractivity contribution in [3.63, 3.8) is 0 Å². The van der Waals surface area contributed by atoms with Gasteiger partial charge in [-0.05, 0) is 62.2 Å². The Morgan fingerprint density at radius 2 is 1.78 bits per heavy atom. The van der Waals surface area contributed by atoms with Crippen molar-refractivity contribution in [3.05, 3.63) is 59.0 Å². The Bertz CT molecular complexity index is 1160. The van der Waals surface area contributed by atoms with Crippen LogP contribution in [0.5, 0.6) is 5.75 Å². The van der Waals surface area contributed by atoms with E-state index in [1.807, 2.05) is 17.5 Å². The number of fused-ring (bicyclic) bond motifs is 1. The van der Waals surface area contributed by atoms with Crippen LogP contribution in [0.2, 0.25) is 0 Å². The topological polar surface area (TPSA) is 44.8 Å². The molecule has 1 aliphatic rings. The van der Waals surface area contributed by atoms with Gasteiger partial charge >= 0.3 is 6.18 Å². The summed E-state index contributed by atoms with van der Waals surface area (Å²) in [7, 11) is 0. The van der Waals surface area contributed by atoms with Gasteiger partial charge < -0.3 is 15.0 Å². The zero-order valence-electron chi connectivity index (χ0n) is 21.2. The number of carbonyl (C=O) groups excluding carboxylic acids is 1. The summed E-state index contributed by atoms with van der Waals surface area (Å²) in [5.41, 5.74) is 1.06. The van der Waals surface area contributed by atoms with E-state index in [0.29, 0.717) is 23.4 Å². The highest BCUT2D eigenvalue weighted by Gasteiger charge is 2.31. The first-order valence-corrected chi connectivity index (χ1v) is 13.8. The van der Waals surface area contributed by atoms with Gasteiger partial charge in [0, 0.05) is 53.8 Å².